The van der Waals surface area contributed by atoms with E-state index in [-0.39, 0.29) is 60.9 Å². The number of aliphatic hydroxyl groups is 1. The second-order valence-corrected chi connectivity index (χ2v) is 14.1. The minimum Gasteiger partial charge on any atom is -0.389 e. The van der Waals surface area contributed by atoms with Gasteiger partial charge in [0.2, 0.25) is 11.8 Å². The third-order valence-electron chi connectivity index (χ3n) is 10.3. The number of para-hydroxylation sites is 2. The molecule has 0 spiro atoms. The molecule has 0 fully saturated rings. The Morgan fingerprint density at radius 2 is 0.981 bits per heavy atom. The normalized spacial score (nSPS) is 19.0. The number of amides is 4. The lowest BCUT2D eigenvalue weighted by Gasteiger charge is -2.40. The molecule has 2 heterocycles. The molecule has 11 heteroatoms. The fourth-order valence-corrected chi connectivity index (χ4v) is 7.53. The molecular weight excluding hydrogens is 681 g/mol. The first-order chi connectivity index (χ1) is 26.1. The van der Waals surface area contributed by atoms with Crippen LogP contribution >= 0.6 is 0 Å². The largest absolute Gasteiger partial charge is 0.389 e. The molecule has 0 saturated carbocycles. The average Bonchev–Trinajstić information content (AvgIpc) is 3.19. The number of hydrogen-bond donors (Lipinski definition) is 5. The average molecular weight is 731 g/mol. The van der Waals surface area contributed by atoms with Crippen molar-refractivity contribution < 1.29 is 24.3 Å². The van der Waals surface area contributed by atoms with E-state index in [1.807, 2.05) is 96.4 Å². The lowest BCUT2D eigenvalue weighted by molar-refractivity contribution is -0.119. The first-order valence-corrected chi connectivity index (χ1v) is 18.9. The van der Waals surface area contributed by atoms with Crippen LogP contribution in [0.5, 0.6) is 0 Å². The molecule has 282 valence electrons. The summed E-state index contributed by atoms with van der Waals surface area (Å²) in [5.41, 5.74) is 6.56. The molecule has 0 aromatic heterocycles. The Labute approximate surface area is 317 Å². The van der Waals surface area contributed by atoms with Gasteiger partial charge >= 0.3 is 0 Å². The molecule has 0 aliphatic carbocycles. The molecule has 0 unspecified atom stereocenters. The van der Waals surface area contributed by atoms with E-state index < -0.39 is 6.10 Å². The Hall–Kier alpha value is -5.68. The Bertz CT molecular complexity index is 1820. The van der Waals surface area contributed by atoms with Crippen molar-refractivity contribution >= 4 is 46.4 Å². The van der Waals surface area contributed by atoms with Crippen LogP contribution in [0.3, 0.4) is 0 Å². The number of rotatable bonds is 12. The van der Waals surface area contributed by atoms with E-state index in [0.717, 1.165) is 46.7 Å². The van der Waals surface area contributed by atoms with Crippen LogP contribution in [-0.4, -0.2) is 60.0 Å². The van der Waals surface area contributed by atoms with Gasteiger partial charge in [0.25, 0.3) is 11.8 Å². The first-order valence-electron chi connectivity index (χ1n) is 18.9. The van der Waals surface area contributed by atoms with Gasteiger partial charge < -0.3 is 36.2 Å². The van der Waals surface area contributed by atoms with Crippen LogP contribution < -0.4 is 31.1 Å². The predicted octanol–water partition coefficient (Wildman–Crippen LogP) is 6.58. The summed E-state index contributed by atoms with van der Waals surface area (Å²) < 4.78 is 0. The van der Waals surface area contributed by atoms with E-state index in [1.165, 1.54) is 0 Å². The van der Waals surface area contributed by atoms with Gasteiger partial charge in [-0.1, -0.05) is 50.2 Å². The third kappa shape index (κ3) is 8.42. The van der Waals surface area contributed by atoms with E-state index in [1.54, 1.807) is 24.3 Å². The molecule has 4 aromatic carbocycles. The van der Waals surface area contributed by atoms with Crippen molar-refractivity contribution in [1.82, 2.24) is 10.6 Å². The standard InChI is InChI=1S/C43H50N6O5/c1-5-40(51)48-27(3)23-36(34-11-7-9-13-38(34)48)46-31-19-15-29(16-20-31)42(53)44-25-33(50)26-45-43(54)30-17-21-32(22-18-30)47-37-24-28(4)49(41(52)6-2)39-14-10-8-12-35(37)39/h7-22,27-28,33,36-37,46-47,50H,5-6,23-26H2,1-4H3,(H,44,53)(H,45,54)/t27-,28-,36+,37+/m0/s1. The number of benzene rings is 4. The fourth-order valence-electron chi connectivity index (χ4n) is 7.53. The highest BCUT2D eigenvalue weighted by molar-refractivity contribution is 5.97. The smallest absolute Gasteiger partial charge is 0.251 e. The number of anilines is 4. The molecule has 6 rings (SSSR count). The fraction of sp³-hybridized carbons (Fsp3) is 0.349. The van der Waals surface area contributed by atoms with Crippen LogP contribution in [0.1, 0.15) is 97.3 Å². The van der Waals surface area contributed by atoms with E-state index in [9.17, 15) is 24.3 Å². The summed E-state index contributed by atoms with van der Waals surface area (Å²) >= 11 is 0. The Morgan fingerprint density at radius 3 is 1.35 bits per heavy atom. The molecule has 54 heavy (non-hydrogen) atoms. The Balaban J connectivity index is 0.964. The molecule has 11 nitrogen and oxygen atoms in total. The summed E-state index contributed by atoms with van der Waals surface area (Å²) in [6.45, 7) is 7.81. The zero-order valence-electron chi connectivity index (χ0n) is 31.3. The lowest BCUT2D eigenvalue weighted by Crippen LogP contribution is -2.44. The van der Waals surface area contributed by atoms with Gasteiger partial charge in [0.15, 0.2) is 0 Å². The number of fused-ring (bicyclic) bond motifs is 2. The maximum absolute atomic E-state index is 12.9. The number of nitrogens with zero attached hydrogens (tertiary/aromatic N) is 2. The van der Waals surface area contributed by atoms with Gasteiger partial charge in [-0.15, -0.1) is 0 Å². The maximum Gasteiger partial charge on any atom is 0.251 e. The molecule has 4 aromatic rings. The molecular formula is C43H50N6O5. The minimum atomic E-state index is -0.986. The van der Waals surface area contributed by atoms with Crippen molar-refractivity contribution in [3.8, 4) is 0 Å². The zero-order chi connectivity index (χ0) is 38.4. The summed E-state index contributed by atoms with van der Waals surface area (Å²) in [5.74, 6) is -0.459. The van der Waals surface area contributed by atoms with Crippen LogP contribution in [0.2, 0.25) is 0 Å². The van der Waals surface area contributed by atoms with Gasteiger partial charge in [0.1, 0.15) is 0 Å². The lowest BCUT2D eigenvalue weighted by atomic mass is 9.91. The van der Waals surface area contributed by atoms with Crippen molar-refractivity contribution in [2.75, 3.05) is 33.5 Å². The third-order valence-corrected chi connectivity index (χ3v) is 10.3. The molecule has 5 N–H and O–H groups in total. The SMILES string of the molecule is CCC(=O)N1c2ccccc2[C@H](Nc2ccc(C(=O)NCC(O)CNC(=O)c3ccc(N[C@@H]4C[C@H](C)N(C(=O)CC)c5ccccc54)cc3)cc2)C[C@@H]1C. The van der Waals surface area contributed by atoms with Crippen molar-refractivity contribution in [1.29, 1.82) is 0 Å². The van der Waals surface area contributed by atoms with E-state index in [4.69, 9.17) is 0 Å². The summed E-state index contributed by atoms with van der Waals surface area (Å²) in [6, 6.07) is 30.3. The van der Waals surface area contributed by atoms with E-state index in [2.05, 4.69) is 35.1 Å². The highest BCUT2D eigenvalue weighted by Crippen LogP contribution is 2.40. The predicted molar refractivity (Wildman–Crippen MR) is 213 cm³/mol. The van der Waals surface area contributed by atoms with Crippen molar-refractivity contribution in [3.63, 3.8) is 0 Å². The van der Waals surface area contributed by atoms with Gasteiger partial charge in [-0.05, 0) is 98.5 Å². The number of carbonyl (C=O) groups excluding carboxylic acids is 4. The second-order valence-electron chi connectivity index (χ2n) is 14.1. The van der Waals surface area contributed by atoms with Gasteiger partial charge in [0.05, 0.1) is 18.2 Å². The number of nitrogens with one attached hydrogen (secondary N) is 4. The molecule has 0 saturated heterocycles. The minimum absolute atomic E-state index is 0.00602. The quantitative estimate of drug-likeness (QED) is 0.111. The van der Waals surface area contributed by atoms with Gasteiger partial charge in [-0.2, -0.15) is 0 Å². The van der Waals surface area contributed by atoms with Crippen LogP contribution in [-0.2, 0) is 9.59 Å². The van der Waals surface area contributed by atoms with Crippen LogP contribution in [0.4, 0.5) is 22.7 Å². The molecule has 4 atom stereocenters. The van der Waals surface area contributed by atoms with Crippen LogP contribution in [0.15, 0.2) is 97.1 Å². The number of aliphatic hydroxyl groups excluding tert-OH is 1. The van der Waals surface area contributed by atoms with Gasteiger partial charge in [0, 0.05) is 71.9 Å². The molecule has 2 aliphatic heterocycles. The Morgan fingerprint density at radius 1 is 0.611 bits per heavy atom. The monoisotopic (exact) mass is 730 g/mol. The molecule has 2 aliphatic rings. The summed E-state index contributed by atoms with van der Waals surface area (Å²) in [6.07, 6.45) is 1.41. The molecule has 0 bridgehead atoms. The number of carbonyl (C=O) groups is 4. The second kappa shape index (κ2) is 17.0. The summed E-state index contributed by atoms with van der Waals surface area (Å²) in [5, 5.41) is 23.2. The first kappa shape index (κ1) is 38.1. The van der Waals surface area contributed by atoms with Crippen molar-refractivity contribution in [2.45, 2.75) is 83.6 Å². The maximum atomic E-state index is 12.9. The highest BCUT2D eigenvalue weighted by atomic mass is 16.3. The van der Waals surface area contributed by atoms with E-state index in [0.29, 0.717) is 24.0 Å². The zero-order valence-corrected chi connectivity index (χ0v) is 31.3. The van der Waals surface area contributed by atoms with Crippen LogP contribution in [0.25, 0.3) is 0 Å². The summed E-state index contributed by atoms with van der Waals surface area (Å²) in [7, 11) is 0. The number of hydrogen-bond acceptors (Lipinski definition) is 7. The van der Waals surface area contributed by atoms with Gasteiger partial charge in [-0.3, -0.25) is 19.2 Å². The molecule has 0 radical (unpaired) electrons. The molecule has 4 amide bonds. The van der Waals surface area contributed by atoms with Crippen molar-refractivity contribution in [2.24, 2.45) is 0 Å². The van der Waals surface area contributed by atoms with E-state index >= 15 is 0 Å². The highest BCUT2D eigenvalue weighted by Gasteiger charge is 2.34. The van der Waals surface area contributed by atoms with Gasteiger partial charge in [-0.25, -0.2) is 0 Å². The Kier molecular flexibility index (Phi) is 12.0. The van der Waals surface area contributed by atoms with Crippen molar-refractivity contribution in [3.05, 3.63) is 119 Å². The topological polar surface area (TPSA) is 143 Å². The van der Waals surface area contributed by atoms with Crippen LogP contribution in [0, 0.1) is 0 Å². The summed E-state index contributed by atoms with van der Waals surface area (Å²) in [4.78, 5) is 54.9.